The number of carbonyl (C=O) groups excluding carboxylic acids is 1. The van der Waals surface area contributed by atoms with Crippen molar-refractivity contribution in [3.63, 3.8) is 0 Å². The summed E-state index contributed by atoms with van der Waals surface area (Å²) >= 11 is 3.38. The van der Waals surface area contributed by atoms with Gasteiger partial charge in [-0.25, -0.2) is 9.37 Å². The zero-order valence-corrected chi connectivity index (χ0v) is 17.2. The number of amides is 1. The number of methoxy groups -OCH3 is 2. The van der Waals surface area contributed by atoms with Crippen molar-refractivity contribution in [2.24, 2.45) is 7.05 Å². The number of nitrogens with one attached hydrogen (secondary N) is 1. The molecule has 28 heavy (non-hydrogen) atoms. The zero-order chi connectivity index (χ0) is 20.3. The Balaban J connectivity index is 2.01. The molecule has 1 heterocycles. The molecule has 0 spiro atoms. The molecule has 8 heteroatoms. The molecule has 1 amide bonds. The molecule has 3 rings (SSSR count). The minimum atomic E-state index is -0.769. The van der Waals surface area contributed by atoms with E-state index in [9.17, 15) is 9.18 Å². The van der Waals surface area contributed by atoms with Crippen LogP contribution in [0.4, 0.5) is 4.39 Å². The van der Waals surface area contributed by atoms with Crippen molar-refractivity contribution in [3.05, 3.63) is 76.0 Å². The minimum absolute atomic E-state index is 0.312. The number of hydrogen-bond donors (Lipinski definition) is 1. The van der Waals surface area contributed by atoms with Crippen molar-refractivity contribution >= 4 is 21.8 Å². The zero-order valence-electron chi connectivity index (χ0n) is 15.6. The van der Waals surface area contributed by atoms with Gasteiger partial charge in [-0.05, 0) is 34.1 Å². The van der Waals surface area contributed by atoms with Crippen molar-refractivity contribution in [2.45, 2.75) is 6.04 Å². The maximum atomic E-state index is 14.5. The summed E-state index contributed by atoms with van der Waals surface area (Å²) in [4.78, 5) is 17.3. The summed E-state index contributed by atoms with van der Waals surface area (Å²) in [6.07, 6.45) is 3.34. The summed E-state index contributed by atoms with van der Waals surface area (Å²) in [5.41, 5.74) is 0.633. The van der Waals surface area contributed by atoms with Crippen LogP contribution in [-0.4, -0.2) is 29.7 Å². The number of ether oxygens (including phenoxy) is 2. The highest BCUT2D eigenvalue weighted by atomic mass is 79.9. The van der Waals surface area contributed by atoms with E-state index in [4.69, 9.17) is 9.47 Å². The minimum Gasteiger partial charge on any atom is -0.495 e. The number of rotatable bonds is 6. The Bertz CT molecular complexity index is 981. The molecule has 6 nitrogen and oxygen atoms in total. The highest BCUT2D eigenvalue weighted by molar-refractivity contribution is 9.10. The molecule has 146 valence electrons. The first kappa shape index (κ1) is 19.9. The summed E-state index contributed by atoms with van der Waals surface area (Å²) in [7, 11) is 4.78. The molecular weight excluding hydrogens is 429 g/mol. The number of imidazole rings is 1. The van der Waals surface area contributed by atoms with E-state index < -0.39 is 17.8 Å². The number of hydrogen-bond acceptors (Lipinski definition) is 4. The topological polar surface area (TPSA) is 65.4 Å². The number of benzene rings is 2. The van der Waals surface area contributed by atoms with Crippen molar-refractivity contribution in [3.8, 4) is 11.5 Å². The Morgan fingerprint density at radius 2 is 1.86 bits per heavy atom. The number of aromatic nitrogens is 2. The predicted octanol–water partition coefficient (Wildman–Crippen LogP) is 3.86. The SMILES string of the molecule is COc1cc(C(=O)NC(c2ccccc2F)c2nccn2C)cc(OC)c1Br. The number of nitrogens with zero attached hydrogens (tertiary/aromatic N) is 2. The van der Waals surface area contributed by atoms with Gasteiger partial charge in [0.2, 0.25) is 0 Å². The Morgan fingerprint density at radius 3 is 2.39 bits per heavy atom. The Kier molecular flexibility index (Phi) is 5.99. The number of halogens is 2. The molecule has 1 aromatic heterocycles. The maximum absolute atomic E-state index is 14.5. The van der Waals surface area contributed by atoms with Gasteiger partial charge in [0.15, 0.2) is 0 Å². The molecule has 1 N–H and O–H groups in total. The highest BCUT2D eigenvalue weighted by Crippen LogP contribution is 2.36. The molecule has 0 aliphatic carbocycles. The number of aryl methyl sites for hydroxylation is 1. The molecule has 0 aliphatic rings. The van der Waals surface area contributed by atoms with Gasteiger partial charge >= 0.3 is 0 Å². The van der Waals surface area contributed by atoms with Crippen LogP contribution < -0.4 is 14.8 Å². The van der Waals surface area contributed by atoms with Crippen molar-refractivity contribution in [1.82, 2.24) is 14.9 Å². The molecule has 0 fully saturated rings. The summed E-state index contributed by atoms with van der Waals surface area (Å²) in [5, 5.41) is 2.87. The van der Waals surface area contributed by atoms with E-state index in [0.717, 1.165) is 0 Å². The smallest absolute Gasteiger partial charge is 0.252 e. The molecule has 0 saturated heterocycles. The van der Waals surface area contributed by atoms with Gasteiger partial charge < -0.3 is 19.4 Å². The van der Waals surface area contributed by atoms with Crippen LogP contribution in [0, 0.1) is 5.82 Å². The molecule has 1 unspecified atom stereocenters. The fourth-order valence-electron chi connectivity index (χ4n) is 2.86. The lowest BCUT2D eigenvalue weighted by atomic mass is 10.0. The fourth-order valence-corrected chi connectivity index (χ4v) is 3.41. The highest BCUT2D eigenvalue weighted by Gasteiger charge is 2.25. The van der Waals surface area contributed by atoms with Gasteiger partial charge in [-0.15, -0.1) is 0 Å². The van der Waals surface area contributed by atoms with Crippen LogP contribution in [0.15, 0.2) is 53.3 Å². The molecule has 2 aromatic carbocycles. The number of carbonyl (C=O) groups is 1. The second kappa shape index (κ2) is 8.43. The predicted molar refractivity (Wildman–Crippen MR) is 106 cm³/mol. The third-order valence-corrected chi connectivity index (χ3v) is 5.10. The van der Waals surface area contributed by atoms with Crippen LogP contribution in [0.25, 0.3) is 0 Å². The lowest BCUT2D eigenvalue weighted by Gasteiger charge is -2.20. The van der Waals surface area contributed by atoms with Gasteiger partial charge in [-0.1, -0.05) is 18.2 Å². The molecule has 0 aliphatic heterocycles. The molecular formula is C20H19BrFN3O3. The van der Waals surface area contributed by atoms with Gasteiger partial charge in [-0.2, -0.15) is 0 Å². The van der Waals surface area contributed by atoms with E-state index in [1.54, 1.807) is 54.3 Å². The molecule has 1 atom stereocenters. The van der Waals surface area contributed by atoms with E-state index >= 15 is 0 Å². The lowest BCUT2D eigenvalue weighted by Crippen LogP contribution is -2.31. The molecule has 0 saturated carbocycles. The molecule has 0 bridgehead atoms. The summed E-state index contributed by atoms with van der Waals surface area (Å²) in [6, 6.07) is 8.68. The van der Waals surface area contributed by atoms with E-state index in [2.05, 4.69) is 26.2 Å². The van der Waals surface area contributed by atoms with Crippen molar-refractivity contribution in [2.75, 3.05) is 14.2 Å². The van der Waals surface area contributed by atoms with Gasteiger partial charge in [-0.3, -0.25) is 4.79 Å². The summed E-state index contributed by atoms with van der Waals surface area (Å²) < 4.78 is 27.4. The van der Waals surface area contributed by atoms with Crippen LogP contribution in [-0.2, 0) is 7.05 Å². The van der Waals surface area contributed by atoms with Crippen LogP contribution in [0.5, 0.6) is 11.5 Å². The lowest BCUT2D eigenvalue weighted by molar-refractivity contribution is 0.0940. The Labute approximate surface area is 170 Å². The fraction of sp³-hybridized carbons (Fsp3) is 0.200. The van der Waals surface area contributed by atoms with E-state index in [1.165, 1.54) is 20.3 Å². The average Bonchev–Trinajstić information content (AvgIpc) is 3.12. The maximum Gasteiger partial charge on any atom is 0.252 e. The second-order valence-electron chi connectivity index (χ2n) is 6.02. The normalized spacial score (nSPS) is 11.8. The third-order valence-electron chi connectivity index (χ3n) is 4.32. The molecule has 3 aromatic rings. The molecule has 0 radical (unpaired) electrons. The van der Waals surface area contributed by atoms with Gasteiger partial charge in [0.25, 0.3) is 5.91 Å². The summed E-state index contributed by atoms with van der Waals surface area (Å²) in [5.74, 6) is 0.560. The van der Waals surface area contributed by atoms with E-state index in [0.29, 0.717) is 32.9 Å². The standard InChI is InChI=1S/C20H19BrFN3O3/c1-25-9-8-23-19(25)18(13-6-4-5-7-14(13)22)24-20(26)12-10-15(27-2)17(21)16(11-12)28-3/h4-11,18H,1-3H3,(H,24,26). The third kappa shape index (κ3) is 3.87. The van der Waals surface area contributed by atoms with E-state index in [-0.39, 0.29) is 0 Å². The monoisotopic (exact) mass is 447 g/mol. The Morgan fingerprint density at radius 1 is 1.21 bits per heavy atom. The quantitative estimate of drug-likeness (QED) is 0.622. The van der Waals surface area contributed by atoms with Crippen LogP contribution >= 0.6 is 15.9 Å². The second-order valence-corrected chi connectivity index (χ2v) is 6.81. The van der Waals surface area contributed by atoms with Crippen LogP contribution in [0.1, 0.15) is 27.8 Å². The first-order valence-electron chi connectivity index (χ1n) is 8.40. The van der Waals surface area contributed by atoms with Crippen molar-refractivity contribution in [1.29, 1.82) is 0 Å². The Hall–Kier alpha value is -2.87. The van der Waals surface area contributed by atoms with E-state index in [1.807, 2.05) is 0 Å². The first-order chi connectivity index (χ1) is 13.5. The van der Waals surface area contributed by atoms with Crippen LogP contribution in [0.3, 0.4) is 0 Å². The average molecular weight is 448 g/mol. The van der Waals surface area contributed by atoms with Gasteiger partial charge in [0.05, 0.1) is 14.2 Å². The van der Waals surface area contributed by atoms with Crippen LogP contribution in [0.2, 0.25) is 0 Å². The van der Waals surface area contributed by atoms with Crippen molar-refractivity contribution < 1.29 is 18.7 Å². The first-order valence-corrected chi connectivity index (χ1v) is 9.19. The summed E-state index contributed by atoms with van der Waals surface area (Å²) in [6.45, 7) is 0. The van der Waals surface area contributed by atoms with Gasteiger partial charge in [0.1, 0.15) is 33.7 Å². The largest absolute Gasteiger partial charge is 0.495 e. The van der Waals surface area contributed by atoms with Gasteiger partial charge in [0, 0.05) is 30.6 Å².